The Balaban J connectivity index is 1.62. The molecule has 2 N–H and O–H groups in total. The number of nitrogens with one attached hydrogen (secondary N) is 1. The molecule has 1 aromatic carbocycles. The first kappa shape index (κ1) is 25.2. The largest absolute Gasteiger partial charge is 0.481 e. The van der Waals surface area contributed by atoms with Crippen molar-refractivity contribution < 1.29 is 24.3 Å². The fraction of sp³-hybridized carbons (Fsp3) is 0.360. The number of carbonyl (C=O) groups is 4. The molecule has 2 saturated heterocycles. The lowest BCUT2D eigenvalue weighted by Crippen LogP contribution is -2.76. The molecule has 2 aliphatic heterocycles. The number of carboxylic acid groups (broad SMARTS) is 1. The van der Waals surface area contributed by atoms with Gasteiger partial charge in [-0.15, -0.1) is 17.8 Å². The van der Waals surface area contributed by atoms with Gasteiger partial charge >= 0.3 is 12.0 Å². The zero-order valence-corrected chi connectivity index (χ0v) is 20.4. The van der Waals surface area contributed by atoms with Crippen LogP contribution >= 0.6 is 11.3 Å². The zero-order valence-electron chi connectivity index (χ0n) is 19.6. The van der Waals surface area contributed by atoms with Crippen LogP contribution in [0.5, 0.6) is 0 Å². The molecule has 1 unspecified atom stereocenters. The van der Waals surface area contributed by atoms with Gasteiger partial charge in [-0.3, -0.25) is 14.4 Å². The van der Waals surface area contributed by atoms with Crippen LogP contribution in [0.1, 0.15) is 16.9 Å². The van der Waals surface area contributed by atoms with Crippen LogP contribution in [0, 0.1) is 12.3 Å². The van der Waals surface area contributed by atoms with Gasteiger partial charge < -0.3 is 20.2 Å². The second kappa shape index (κ2) is 11.2. The number of amides is 4. The second-order valence-corrected chi connectivity index (χ2v) is 9.56. The third-order valence-corrected chi connectivity index (χ3v) is 7.11. The topological polar surface area (TPSA) is 114 Å². The summed E-state index contributed by atoms with van der Waals surface area (Å²) >= 11 is 1.56. The van der Waals surface area contributed by atoms with E-state index in [1.165, 1.54) is 14.9 Å². The maximum atomic E-state index is 13.4. The molecule has 0 spiro atoms. The van der Waals surface area contributed by atoms with Gasteiger partial charge in [-0.25, -0.2) is 9.80 Å². The number of aliphatic carboxylic acids is 1. The average Bonchev–Trinajstić information content (AvgIpc) is 3.37. The minimum atomic E-state index is -1.21. The van der Waals surface area contributed by atoms with E-state index in [4.69, 9.17) is 6.42 Å². The van der Waals surface area contributed by atoms with E-state index in [1.54, 1.807) is 16.2 Å². The van der Waals surface area contributed by atoms with Crippen LogP contribution in [-0.2, 0) is 27.3 Å². The lowest BCUT2D eigenvalue weighted by Gasteiger charge is -2.54. The maximum absolute atomic E-state index is 13.4. The van der Waals surface area contributed by atoms with Gasteiger partial charge in [0.15, 0.2) is 0 Å². The first-order valence-corrected chi connectivity index (χ1v) is 12.4. The number of hydrogen-bond acceptors (Lipinski definition) is 6. The van der Waals surface area contributed by atoms with Crippen LogP contribution in [-0.4, -0.2) is 87.1 Å². The van der Waals surface area contributed by atoms with Crippen molar-refractivity contribution in [1.29, 1.82) is 0 Å². The van der Waals surface area contributed by atoms with Crippen LogP contribution in [0.15, 0.2) is 47.8 Å². The Hall–Kier alpha value is -3.88. The van der Waals surface area contributed by atoms with Gasteiger partial charge in [0.25, 0.3) is 0 Å². The van der Waals surface area contributed by atoms with E-state index in [0.717, 1.165) is 10.4 Å². The van der Waals surface area contributed by atoms with Crippen molar-refractivity contribution in [2.75, 3.05) is 26.2 Å². The fourth-order valence-electron chi connectivity index (χ4n) is 4.56. The quantitative estimate of drug-likeness (QED) is 0.517. The van der Waals surface area contributed by atoms with E-state index in [9.17, 15) is 24.3 Å². The van der Waals surface area contributed by atoms with E-state index in [0.29, 0.717) is 13.0 Å². The number of carboxylic acids is 1. The Morgan fingerprint density at radius 3 is 2.61 bits per heavy atom. The first-order valence-electron chi connectivity index (χ1n) is 11.5. The molecule has 1 aromatic heterocycles. The number of thiophene rings is 1. The van der Waals surface area contributed by atoms with Gasteiger partial charge in [0.1, 0.15) is 12.2 Å². The number of urea groups is 1. The molecule has 2 fully saturated rings. The average molecular weight is 510 g/mol. The summed E-state index contributed by atoms with van der Waals surface area (Å²) in [5, 5.41) is 17.1. The van der Waals surface area contributed by atoms with Crippen molar-refractivity contribution in [3.05, 3.63) is 58.3 Å². The zero-order chi connectivity index (χ0) is 25.7. The molecule has 4 amide bonds. The van der Waals surface area contributed by atoms with E-state index >= 15 is 0 Å². The third-order valence-electron chi connectivity index (χ3n) is 6.17. The molecule has 188 valence electrons. The smallest absolute Gasteiger partial charge is 0.334 e. The highest BCUT2D eigenvalue weighted by Crippen LogP contribution is 2.28. The number of piperazine rings is 1. The predicted octanol–water partition coefficient (Wildman–Crippen LogP) is 1.21. The lowest BCUT2D eigenvalue weighted by atomic mass is 10.0. The Morgan fingerprint density at radius 1 is 1.17 bits per heavy atom. The number of fused-ring (bicyclic) bond motifs is 1. The van der Waals surface area contributed by atoms with Crippen LogP contribution < -0.4 is 5.32 Å². The van der Waals surface area contributed by atoms with Crippen molar-refractivity contribution in [3.63, 3.8) is 0 Å². The standard InChI is InChI=1S/C25H27N5O5S/c1-2-11-28-17-22(31)29-20(14-23(32)33)24(34)27(12-10-19-9-6-13-36-19)16-21(29)30(28)25(35)26-15-18-7-4-3-5-8-18/h1,3-9,13,20-21H,10-12,14-17H2,(H,26,35)(H,32,33)/t20?,21-/m0/s1. The Kier molecular flexibility index (Phi) is 7.87. The molecule has 2 aliphatic rings. The monoisotopic (exact) mass is 509 g/mol. The van der Waals surface area contributed by atoms with E-state index < -0.39 is 42.4 Å². The number of benzene rings is 1. The molecule has 10 nitrogen and oxygen atoms in total. The summed E-state index contributed by atoms with van der Waals surface area (Å²) in [6.45, 7) is 0.397. The molecular weight excluding hydrogens is 482 g/mol. The Bertz CT molecular complexity index is 1150. The summed E-state index contributed by atoms with van der Waals surface area (Å²) in [5.41, 5.74) is 0.888. The van der Waals surface area contributed by atoms with E-state index in [2.05, 4.69) is 11.2 Å². The molecule has 11 heteroatoms. The molecule has 0 bridgehead atoms. The Labute approximate surface area is 213 Å². The summed E-state index contributed by atoms with van der Waals surface area (Å²) in [5.74, 6) is 0.396. The van der Waals surface area contributed by atoms with Crippen LogP contribution in [0.4, 0.5) is 4.79 Å². The number of hydrazine groups is 1. The molecule has 0 saturated carbocycles. The van der Waals surface area contributed by atoms with Gasteiger partial charge in [-0.2, -0.15) is 5.01 Å². The number of hydrogen-bond donors (Lipinski definition) is 2. The van der Waals surface area contributed by atoms with Crippen molar-refractivity contribution in [2.45, 2.75) is 31.6 Å². The van der Waals surface area contributed by atoms with Crippen molar-refractivity contribution >= 4 is 35.2 Å². The molecular formula is C25H27N5O5S. The van der Waals surface area contributed by atoms with Gasteiger partial charge in [0.2, 0.25) is 11.8 Å². The molecule has 3 heterocycles. The number of nitrogens with zero attached hydrogens (tertiary/aromatic N) is 4. The van der Waals surface area contributed by atoms with E-state index in [1.807, 2.05) is 47.8 Å². The predicted molar refractivity (Wildman–Crippen MR) is 132 cm³/mol. The number of rotatable bonds is 8. The minimum Gasteiger partial charge on any atom is -0.481 e. The first-order chi connectivity index (χ1) is 17.4. The SMILES string of the molecule is C#CCN1CC(=O)N2C(CC(=O)O)C(=O)N(CCc3cccs3)C[C@@H]2N1C(=O)NCc1ccccc1. The molecule has 0 aliphatic carbocycles. The normalized spacial score (nSPS) is 20.1. The molecule has 2 atom stereocenters. The Morgan fingerprint density at radius 2 is 1.94 bits per heavy atom. The van der Waals surface area contributed by atoms with Crippen molar-refractivity contribution in [2.24, 2.45) is 0 Å². The summed E-state index contributed by atoms with van der Waals surface area (Å²) in [4.78, 5) is 55.4. The highest BCUT2D eigenvalue weighted by Gasteiger charge is 2.51. The highest BCUT2D eigenvalue weighted by atomic mass is 32.1. The number of carbonyl (C=O) groups excluding carboxylic acids is 3. The molecule has 4 rings (SSSR count). The van der Waals surface area contributed by atoms with Crippen LogP contribution in [0.25, 0.3) is 0 Å². The molecule has 2 aromatic rings. The highest BCUT2D eigenvalue weighted by molar-refractivity contribution is 7.09. The minimum absolute atomic E-state index is 0.00156. The summed E-state index contributed by atoms with van der Waals surface area (Å²) in [6.07, 6.45) is 4.67. The molecule has 0 radical (unpaired) electrons. The number of terminal acetylenes is 1. The summed E-state index contributed by atoms with van der Waals surface area (Å²) < 4.78 is 0. The second-order valence-electron chi connectivity index (χ2n) is 8.52. The van der Waals surface area contributed by atoms with Crippen LogP contribution in [0.3, 0.4) is 0 Å². The maximum Gasteiger partial charge on any atom is 0.334 e. The fourth-order valence-corrected chi connectivity index (χ4v) is 5.26. The van der Waals surface area contributed by atoms with Crippen molar-refractivity contribution in [1.82, 2.24) is 25.1 Å². The lowest BCUT2D eigenvalue weighted by molar-refractivity contribution is -0.190. The van der Waals surface area contributed by atoms with Gasteiger partial charge in [0, 0.05) is 18.0 Å². The van der Waals surface area contributed by atoms with Crippen LogP contribution in [0.2, 0.25) is 0 Å². The molecule has 36 heavy (non-hydrogen) atoms. The van der Waals surface area contributed by atoms with Gasteiger partial charge in [-0.1, -0.05) is 42.3 Å². The van der Waals surface area contributed by atoms with Gasteiger partial charge in [0.05, 0.1) is 26.1 Å². The summed E-state index contributed by atoms with van der Waals surface area (Å²) in [6, 6.07) is 11.5. The summed E-state index contributed by atoms with van der Waals surface area (Å²) in [7, 11) is 0. The van der Waals surface area contributed by atoms with Crippen molar-refractivity contribution in [3.8, 4) is 12.3 Å². The van der Waals surface area contributed by atoms with Gasteiger partial charge in [-0.05, 0) is 23.4 Å². The van der Waals surface area contributed by atoms with E-state index in [-0.39, 0.29) is 26.2 Å². The third kappa shape index (κ3) is 5.50.